The standard InChI is InChI=1S/C19H14F3N3O5S2/c1-29-15-5-2-11(19(20,21)22)8-14(15)25-13-4-3-12(9-16(13)30-10-17(25)26)32(27,28)24-18-23-6-7-31-18/h2-9H,10H2,1H3,(H,23,24). The number of halogens is 3. The first-order valence-electron chi connectivity index (χ1n) is 8.87. The molecular formula is C19H14F3N3O5S2. The number of ether oxygens (including phenoxy) is 2. The Kier molecular flexibility index (Phi) is 5.46. The number of rotatable bonds is 5. The van der Waals surface area contributed by atoms with E-state index in [1.54, 1.807) is 5.38 Å². The summed E-state index contributed by atoms with van der Waals surface area (Å²) in [4.78, 5) is 17.3. The van der Waals surface area contributed by atoms with Crippen molar-refractivity contribution in [1.82, 2.24) is 4.98 Å². The van der Waals surface area contributed by atoms with Crippen LogP contribution in [0.3, 0.4) is 0 Å². The second-order valence-corrected chi connectivity index (χ2v) is 9.05. The van der Waals surface area contributed by atoms with Gasteiger partial charge in [0.1, 0.15) is 11.5 Å². The Balaban J connectivity index is 1.78. The maximum absolute atomic E-state index is 13.3. The quantitative estimate of drug-likeness (QED) is 0.586. The molecule has 1 N–H and O–H groups in total. The van der Waals surface area contributed by atoms with Crippen LogP contribution in [0, 0.1) is 0 Å². The topological polar surface area (TPSA) is 97.8 Å². The molecule has 0 fully saturated rings. The Morgan fingerprint density at radius 2 is 1.97 bits per heavy atom. The van der Waals surface area contributed by atoms with Gasteiger partial charge in [-0.1, -0.05) is 0 Å². The number of carbonyl (C=O) groups is 1. The highest BCUT2D eigenvalue weighted by atomic mass is 32.2. The third kappa shape index (κ3) is 4.08. The molecule has 0 bridgehead atoms. The zero-order valence-electron chi connectivity index (χ0n) is 16.2. The molecule has 3 aromatic rings. The highest BCUT2D eigenvalue weighted by Crippen LogP contribution is 2.44. The van der Waals surface area contributed by atoms with Gasteiger partial charge in [0.05, 0.1) is 28.9 Å². The number of amides is 1. The van der Waals surface area contributed by atoms with E-state index in [0.717, 1.165) is 34.4 Å². The SMILES string of the molecule is COc1ccc(C(F)(F)F)cc1N1C(=O)COc2cc(S(=O)(=O)Nc3nccs3)ccc21. The smallest absolute Gasteiger partial charge is 0.416 e. The van der Waals surface area contributed by atoms with Gasteiger partial charge in [-0.3, -0.25) is 14.4 Å². The average Bonchev–Trinajstić information content (AvgIpc) is 3.24. The number of fused-ring (bicyclic) bond motifs is 1. The molecule has 0 spiro atoms. The van der Waals surface area contributed by atoms with E-state index in [0.29, 0.717) is 0 Å². The highest BCUT2D eigenvalue weighted by Gasteiger charge is 2.35. The Bertz CT molecular complexity index is 1280. The first-order valence-corrected chi connectivity index (χ1v) is 11.2. The Hall–Kier alpha value is -3.32. The summed E-state index contributed by atoms with van der Waals surface area (Å²) in [7, 11) is -2.75. The molecule has 0 radical (unpaired) electrons. The minimum Gasteiger partial charge on any atom is -0.495 e. The highest BCUT2D eigenvalue weighted by molar-refractivity contribution is 7.93. The molecule has 1 aliphatic rings. The fourth-order valence-corrected chi connectivity index (χ4v) is 4.86. The summed E-state index contributed by atoms with van der Waals surface area (Å²) in [6.07, 6.45) is -3.21. The lowest BCUT2D eigenvalue weighted by atomic mass is 10.1. The second-order valence-electron chi connectivity index (χ2n) is 6.47. The van der Waals surface area contributed by atoms with Gasteiger partial charge in [0.2, 0.25) is 0 Å². The van der Waals surface area contributed by atoms with Gasteiger partial charge in [-0.2, -0.15) is 13.2 Å². The van der Waals surface area contributed by atoms with E-state index in [2.05, 4.69) is 9.71 Å². The van der Waals surface area contributed by atoms with E-state index in [-0.39, 0.29) is 32.9 Å². The molecule has 2 aromatic carbocycles. The summed E-state index contributed by atoms with van der Waals surface area (Å²) in [6.45, 7) is -0.504. The number of hydrogen-bond donors (Lipinski definition) is 1. The largest absolute Gasteiger partial charge is 0.495 e. The number of benzene rings is 2. The molecule has 4 rings (SSSR count). The maximum Gasteiger partial charge on any atom is 0.416 e. The Morgan fingerprint density at radius 1 is 1.19 bits per heavy atom. The molecule has 168 valence electrons. The zero-order chi connectivity index (χ0) is 23.1. The first-order chi connectivity index (χ1) is 15.1. The van der Waals surface area contributed by atoms with Crippen molar-refractivity contribution >= 4 is 43.8 Å². The zero-order valence-corrected chi connectivity index (χ0v) is 17.8. The van der Waals surface area contributed by atoms with Crippen LogP contribution in [-0.2, 0) is 21.0 Å². The van der Waals surface area contributed by atoms with Crippen molar-refractivity contribution in [1.29, 1.82) is 0 Å². The predicted octanol–water partition coefficient (Wildman–Crippen LogP) is 4.03. The summed E-state index contributed by atoms with van der Waals surface area (Å²) < 4.78 is 77.9. The molecule has 1 aliphatic heterocycles. The molecule has 1 amide bonds. The Morgan fingerprint density at radius 3 is 2.62 bits per heavy atom. The molecule has 0 atom stereocenters. The predicted molar refractivity (Wildman–Crippen MR) is 110 cm³/mol. The van der Waals surface area contributed by atoms with Crippen LogP contribution in [0.15, 0.2) is 52.9 Å². The molecule has 1 aromatic heterocycles. The number of nitrogens with zero attached hydrogens (tertiary/aromatic N) is 2. The number of aromatic nitrogens is 1. The van der Waals surface area contributed by atoms with Gasteiger partial charge in [-0.25, -0.2) is 13.4 Å². The number of hydrogen-bond acceptors (Lipinski definition) is 7. The molecular weight excluding hydrogens is 471 g/mol. The van der Waals surface area contributed by atoms with E-state index in [1.807, 2.05) is 0 Å². The van der Waals surface area contributed by atoms with Crippen LogP contribution in [0.25, 0.3) is 0 Å². The monoisotopic (exact) mass is 485 g/mol. The van der Waals surface area contributed by atoms with Crippen molar-refractivity contribution in [2.24, 2.45) is 0 Å². The molecule has 0 unspecified atom stereocenters. The molecule has 13 heteroatoms. The summed E-state index contributed by atoms with van der Waals surface area (Å²) >= 11 is 1.09. The average molecular weight is 485 g/mol. The molecule has 8 nitrogen and oxygen atoms in total. The van der Waals surface area contributed by atoms with Gasteiger partial charge in [-0.15, -0.1) is 11.3 Å². The van der Waals surface area contributed by atoms with Crippen LogP contribution >= 0.6 is 11.3 Å². The molecule has 2 heterocycles. The molecule has 0 saturated heterocycles. The van der Waals surface area contributed by atoms with Gasteiger partial charge in [0.25, 0.3) is 15.9 Å². The number of thiazole rings is 1. The lowest BCUT2D eigenvalue weighted by molar-refractivity contribution is -0.137. The molecule has 0 saturated carbocycles. The number of sulfonamides is 1. The Labute approximate surface area is 184 Å². The third-order valence-corrected chi connectivity index (χ3v) is 6.64. The van der Waals surface area contributed by atoms with Gasteiger partial charge in [-0.05, 0) is 30.3 Å². The normalized spacial score (nSPS) is 14.0. The van der Waals surface area contributed by atoms with Crippen LogP contribution in [-0.4, -0.2) is 33.0 Å². The van der Waals surface area contributed by atoms with Crippen LogP contribution in [0.5, 0.6) is 11.5 Å². The van der Waals surface area contributed by atoms with E-state index >= 15 is 0 Å². The minimum absolute atomic E-state index is 0.00563. The van der Waals surface area contributed by atoms with E-state index in [4.69, 9.17) is 9.47 Å². The van der Waals surface area contributed by atoms with Crippen LogP contribution in [0.2, 0.25) is 0 Å². The van der Waals surface area contributed by atoms with Crippen LogP contribution in [0.1, 0.15) is 5.56 Å². The van der Waals surface area contributed by atoms with Gasteiger partial charge >= 0.3 is 6.18 Å². The number of anilines is 3. The molecule has 32 heavy (non-hydrogen) atoms. The number of methoxy groups -OCH3 is 1. The van der Waals surface area contributed by atoms with Crippen molar-refractivity contribution in [3.05, 3.63) is 53.5 Å². The van der Waals surface area contributed by atoms with Crippen LogP contribution < -0.4 is 19.1 Å². The van der Waals surface area contributed by atoms with E-state index < -0.39 is 34.3 Å². The lowest BCUT2D eigenvalue weighted by Gasteiger charge is -2.31. The maximum atomic E-state index is 13.3. The fourth-order valence-electron chi connectivity index (χ4n) is 3.05. The third-order valence-electron chi connectivity index (χ3n) is 4.48. The van der Waals surface area contributed by atoms with Crippen molar-refractivity contribution in [3.8, 4) is 11.5 Å². The van der Waals surface area contributed by atoms with E-state index in [9.17, 15) is 26.4 Å². The number of nitrogens with one attached hydrogen (secondary N) is 1. The lowest BCUT2D eigenvalue weighted by Crippen LogP contribution is -2.35. The van der Waals surface area contributed by atoms with Crippen molar-refractivity contribution in [2.75, 3.05) is 23.3 Å². The van der Waals surface area contributed by atoms with Gasteiger partial charge in [0, 0.05) is 17.6 Å². The summed E-state index contributed by atoms with van der Waals surface area (Å²) in [5.74, 6) is -0.612. The summed E-state index contributed by atoms with van der Waals surface area (Å²) in [5.41, 5.74) is -1.04. The van der Waals surface area contributed by atoms with Gasteiger partial charge < -0.3 is 9.47 Å². The molecule has 0 aliphatic carbocycles. The number of carbonyl (C=O) groups excluding carboxylic acids is 1. The van der Waals surface area contributed by atoms with Crippen molar-refractivity contribution < 1.29 is 35.9 Å². The summed E-state index contributed by atoms with van der Waals surface area (Å²) in [5, 5.41) is 1.76. The van der Waals surface area contributed by atoms with E-state index in [1.165, 1.54) is 31.5 Å². The van der Waals surface area contributed by atoms with Gasteiger partial charge in [0.15, 0.2) is 11.7 Å². The minimum atomic E-state index is -4.64. The van der Waals surface area contributed by atoms with Crippen LogP contribution in [0.4, 0.5) is 29.7 Å². The summed E-state index contributed by atoms with van der Waals surface area (Å²) in [6, 6.07) is 6.42. The first kappa shape index (κ1) is 21.9. The van der Waals surface area contributed by atoms with Crippen molar-refractivity contribution in [3.63, 3.8) is 0 Å². The number of alkyl halides is 3. The van der Waals surface area contributed by atoms with Crippen molar-refractivity contribution in [2.45, 2.75) is 11.1 Å². The fraction of sp³-hybridized carbons (Fsp3) is 0.158. The second kappa shape index (κ2) is 7.98.